The molecule has 0 unspecified atom stereocenters. The van der Waals surface area contributed by atoms with E-state index in [0.717, 1.165) is 11.5 Å². The number of para-hydroxylation sites is 2. The van der Waals surface area contributed by atoms with Crippen molar-refractivity contribution >= 4 is 7.82 Å². The largest absolute Gasteiger partial charge is 1.00 e. The summed E-state index contributed by atoms with van der Waals surface area (Å²) >= 11 is 0. The second kappa shape index (κ2) is 12.0. The van der Waals surface area contributed by atoms with Crippen molar-refractivity contribution in [1.29, 1.82) is 0 Å². The fourth-order valence-corrected chi connectivity index (χ4v) is 1.11. The van der Waals surface area contributed by atoms with Gasteiger partial charge >= 0.3 is 59.1 Å². The summed E-state index contributed by atoms with van der Waals surface area (Å²) in [6.07, 6.45) is 0. The van der Waals surface area contributed by atoms with Crippen LogP contribution in [-0.2, 0) is 4.57 Å². The van der Waals surface area contributed by atoms with Gasteiger partial charge in [0.05, 0.1) is 7.82 Å². The molecule has 5 nitrogen and oxygen atoms in total. The standard InChI is InChI=1S/C12H10O.2Na.H3O4P/c1-3-7-11(8-4-1)13-12-9-5-2-6-10-12;;;1-5(2,3)4/h1-10H;;;(H3,1,2,3,4)/q;2*+1;/p-2. The van der Waals surface area contributed by atoms with E-state index >= 15 is 0 Å². The van der Waals surface area contributed by atoms with Gasteiger partial charge in [0, 0.05) is 0 Å². The predicted octanol–water partition coefficient (Wildman–Crippen LogP) is -4.71. The Balaban J connectivity index is 0. The van der Waals surface area contributed by atoms with Crippen molar-refractivity contribution in [2.75, 3.05) is 0 Å². The predicted molar refractivity (Wildman–Crippen MR) is 62.8 cm³/mol. The first kappa shape index (κ1) is 22.6. The molecule has 2 aromatic carbocycles. The summed E-state index contributed by atoms with van der Waals surface area (Å²) in [5.74, 6) is 1.74. The van der Waals surface area contributed by atoms with E-state index in [9.17, 15) is 0 Å². The van der Waals surface area contributed by atoms with Gasteiger partial charge < -0.3 is 24.0 Å². The Morgan fingerprint density at radius 3 is 1.30 bits per heavy atom. The zero-order valence-electron chi connectivity index (χ0n) is 11.3. The second-order valence-corrected chi connectivity index (χ2v) is 4.13. The van der Waals surface area contributed by atoms with Crippen molar-refractivity contribution in [3.8, 4) is 11.5 Å². The molecule has 20 heavy (non-hydrogen) atoms. The van der Waals surface area contributed by atoms with Crippen LogP contribution in [0.5, 0.6) is 11.5 Å². The topological polar surface area (TPSA) is 92.7 Å². The summed E-state index contributed by atoms with van der Waals surface area (Å²) < 4.78 is 14.2. The molecule has 0 spiro atoms. The van der Waals surface area contributed by atoms with E-state index in [0.29, 0.717) is 0 Å². The molecule has 0 saturated carbocycles. The van der Waals surface area contributed by atoms with Crippen LogP contribution < -0.4 is 73.6 Å². The molecule has 0 aliphatic rings. The zero-order valence-corrected chi connectivity index (χ0v) is 16.2. The molecule has 0 heterocycles. The normalized spacial score (nSPS) is 9.15. The third-order valence-corrected chi connectivity index (χ3v) is 1.72. The maximum absolute atomic E-state index is 8.66. The Hall–Kier alpha value is 0.350. The quantitative estimate of drug-likeness (QED) is 0.444. The van der Waals surface area contributed by atoms with Crippen LogP contribution in [0.1, 0.15) is 0 Å². The Morgan fingerprint density at radius 2 is 1.05 bits per heavy atom. The van der Waals surface area contributed by atoms with Crippen LogP contribution >= 0.6 is 7.82 Å². The Labute approximate surface area is 161 Å². The monoisotopic (exact) mass is 312 g/mol. The average Bonchev–Trinajstić information content (AvgIpc) is 2.29. The number of hydrogen-bond donors (Lipinski definition) is 1. The van der Waals surface area contributed by atoms with Gasteiger partial charge in [-0.2, -0.15) is 0 Å². The van der Waals surface area contributed by atoms with Gasteiger partial charge in [0.1, 0.15) is 11.5 Å². The van der Waals surface area contributed by atoms with Crippen LogP contribution in [0.4, 0.5) is 0 Å². The molecular formula is C12H11Na2O5P. The number of rotatable bonds is 2. The maximum Gasteiger partial charge on any atom is 1.00 e. The Kier molecular flexibility index (Phi) is 13.5. The number of benzene rings is 2. The molecule has 0 atom stereocenters. The fourth-order valence-electron chi connectivity index (χ4n) is 1.11. The van der Waals surface area contributed by atoms with Gasteiger partial charge in [-0.3, -0.25) is 0 Å². The van der Waals surface area contributed by atoms with Crippen molar-refractivity contribution in [1.82, 2.24) is 0 Å². The molecule has 0 amide bonds. The summed E-state index contributed by atoms with van der Waals surface area (Å²) in [6, 6.07) is 19.5. The number of phosphoric acid groups is 1. The molecule has 0 radical (unpaired) electrons. The molecule has 1 N–H and O–H groups in total. The molecule has 0 aliphatic carbocycles. The van der Waals surface area contributed by atoms with E-state index in [-0.39, 0.29) is 59.1 Å². The minimum atomic E-state index is -5.14. The zero-order chi connectivity index (χ0) is 13.4. The van der Waals surface area contributed by atoms with Crippen molar-refractivity contribution < 1.29 is 83.1 Å². The average molecular weight is 312 g/mol. The Morgan fingerprint density at radius 1 is 0.800 bits per heavy atom. The molecule has 2 aromatic rings. The van der Waals surface area contributed by atoms with Crippen molar-refractivity contribution in [2.45, 2.75) is 0 Å². The first-order valence-corrected chi connectivity index (χ1v) is 6.47. The molecule has 8 heteroatoms. The molecule has 0 aliphatic heterocycles. The van der Waals surface area contributed by atoms with Crippen LogP contribution in [0, 0.1) is 0 Å². The van der Waals surface area contributed by atoms with Crippen LogP contribution in [0.15, 0.2) is 60.7 Å². The SMILES string of the molecule is O=P([O-])([O-])O.[Na+].[Na+].c1ccc(Oc2ccccc2)cc1. The van der Waals surface area contributed by atoms with E-state index in [4.69, 9.17) is 24.0 Å². The molecule has 0 aromatic heterocycles. The first-order chi connectivity index (χ1) is 8.45. The van der Waals surface area contributed by atoms with Crippen LogP contribution in [-0.4, -0.2) is 4.89 Å². The first-order valence-electron chi connectivity index (χ1n) is 4.98. The summed E-state index contributed by atoms with van der Waals surface area (Å²) in [5, 5.41) is 0. The summed E-state index contributed by atoms with van der Waals surface area (Å²) in [6.45, 7) is 0. The third-order valence-electron chi connectivity index (χ3n) is 1.72. The second-order valence-electron chi connectivity index (χ2n) is 3.20. The van der Waals surface area contributed by atoms with Gasteiger partial charge in [-0.1, -0.05) is 36.4 Å². The fraction of sp³-hybridized carbons (Fsp3) is 0. The smallest absolute Gasteiger partial charge is 0.790 e. The van der Waals surface area contributed by atoms with Gasteiger partial charge in [0.2, 0.25) is 0 Å². The molecule has 96 valence electrons. The van der Waals surface area contributed by atoms with Gasteiger partial charge in [-0.15, -0.1) is 0 Å². The van der Waals surface area contributed by atoms with E-state index < -0.39 is 7.82 Å². The van der Waals surface area contributed by atoms with Gasteiger partial charge in [-0.05, 0) is 24.3 Å². The summed E-state index contributed by atoms with van der Waals surface area (Å²) in [7, 11) is -5.14. The molecule has 0 saturated heterocycles. The molecule has 2 rings (SSSR count). The van der Waals surface area contributed by atoms with E-state index in [1.807, 2.05) is 60.7 Å². The van der Waals surface area contributed by atoms with E-state index in [1.54, 1.807) is 0 Å². The van der Waals surface area contributed by atoms with Gasteiger partial charge in [0.15, 0.2) is 0 Å². The minimum absolute atomic E-state index is 0. The van der Waals surface area contributed by atoms with Crippen LogP contribution in [0.2, 0.25) is 0 Å². The van der Waals surface area contributed by atoms with E-state index in [2.05, 4.69) is 0 Å². The van der Waals surface area contributed by atoms with E-state index in [1.165, 1.54) is 0 Å². The minimum Gasteiger partial charge on any atom is -0.790 e. The van der Waals surface area contributed by atoms with Crippen molar-refractivity contribution in [3.63, 3.8) is 0 Å². The maximum atomic E-state index is 8.66. The van der Waals surface area contributed by atoms with Gasteiger partial charge in [-0.25, -0.2) is 0 Å². The number of hydrogen-bond acceptors (Lipinski definition) is 4. The van der Waals surface area contributed by atoms with Crippen LogP contribution in [0.3, 0.4) is 0 Å². The van der Waals surface area contributed by atoms with Crippen LogP contribution in [0.25, 0.3) is 0 Å². The van der Waals surface area contributed by atoms with Gasteiger partial charge in [0.25, 0.3) is 0 Å². The molecule has 0 fully saturated rings. The third kappa shape index (κ3) is 13.3. The van der Waals surface area contributed by atoms with Crippen molar-refractivity contribution in [3.05, 3.63) is 60.7 Å². The molecule has 0 bridgehead atoms. The summed E-state index contributed by atoms with van der Waals surface area (Å²) in [5.41, 5.74) is 0. The number of ether oxygens (including phenoxy) is 1. The summed E-state index contributed by atoms with van der Waals surface area (Å²) in [4.78, 5) is 24.3. The Bertz CT molecular complexity index is 458. The molecular weight excluding hydrogens is 301 g/mol. The van der Waals surface area contributed by atoms with Crippen molar-refractivity contribution in [2.24, 2.45) is 0 Å².